The Bertz CT molecular complexity index is 861. The highest BCUT2D eigenvalue weighted by atomic mass is 32.2. The van der Waals surface area contributed by atoms with Gasteiger partial charge in [-0.2, -0.15) is 0 Å². The van der Waals surface area contributed by atoms with Crippen LogP contribution in [0.2, 0.25) is 0 Å². The zero-order chi connectivity index (χ0) is 17.1. The van der Waals surface area contributed by atoms with Crippen LogP contribution in [0.25, 0.3) is 11.4 Å². The molecular formula is C18H16FN3OS. The lowest BCUT2D eigenvalue weighted by Gasteiger charge is -2.07. The maximum absolute atomic E-state index is 13.8. The predicted molar refractivity (Wildman–Crippen MR) is 92.6 cm³/mol. The van der Waals surface area contributed by atoms with E-state index in [1.807, 2.05) is 38.1 Å². The second kappa shape index (κ2) is 6.97. The number of carbonyl (C=O) groups excluding carboxylic acids is 1. The molecule has 1 atom stereocenters. The summed E-state index contributed by atoms with van der Waals surface area (Å²) in [6.45, 7) is 3.79. The van der Waals surface area contributed by atoms with Crippen LogP contribution in [0.5, 0.6) is 0 Å². The lowest BCUT2D eigenvalue weighted by atomic mass is 10.1. The summed E-state index contributed by atoms with van der Waals surface area (Å²) < 4.78 is 13.8. The maximum atomic E-state index is 13.8. The predicted octanol–water partition coefficient (Wildman–Crippen LogP) is 4.28. The summed E-state index contributed by atoms with van der Waals surface area (Å²) in [6.07, 6.45) is 0. The van der Waals surface area contributed by atoms with E-state index in [0.717, 1.165) is 5.56 Å². The van der Waals surface area contributed by atoms with Gasteiger partial charge >= 0.3 is 0 Å². The van der Waals surface area contributed by atoms with E-state index < -0.39 is 0 Å². The molecule has 24 heavy (non-hydrogen) atoms. The number of thioether (sulfide) groups is 1. The number of halogens is 1. The summed E-state index contributed by atoms with van der Waals surface area (Å²) >= 11 is 1.25. The molecule has 1 unspecified atom stereocenters. The van der Waals surface area contributed by atoms with E-state index in [9.17, 15) is 9.18 Å². The van der Waals surface area contributed by atoms with Gasteiger partial charge in [0.25, 0.3) is 0 Å². The Labute approximate surface area is 143 Å². The average molecular weight is 341 g/mol. The smallest absolute Gasteiger partial charge is 0.209 e. The molecule has 0 spiro atoms. The average Bonchev–Trinajstić information content (AvgIpc) is 3.03. The minimum absolute atomic E-state index is 0.0113. The number of hydrogen-bond donors (Lipinski definition) is 1. The molecule has 0 saturated carbocycles. The number of nitrogens with zero attached hydrogens (tertiary/aromatic N) is 2. The number of aryl methyl sites for hydroxylation is 1. The molecule has 2 aromatic carbocycles. The number of carbonyl (C=O) groups is 1. The van der Waals surface area contributed by atoms with Crippen LogP contribution < -0.4 is 0 Å². The van der Waals surface area contributed by atoms with Crippen LogP contribution in [-0.2, 0) is 0 Å². The summed E-state index contributed by atoms with van der Waals surface area (Å²) in [5, 5.41) is 6.87. The van der Waals surface area contributed by atoms with Gasteiger partial charge in [0.2, 0.25) is 5.16 Å². The molecule has 0 aliphatic carbocycles. The fraction of sp³-hybridized carbons (Fsp3) is 0.167. The Balaban J connectivity index is 1.73. The third-order valence-corrected chi connectivity index (χ3v) is 4.54. The van der Waals surface area contributed by atoms with E-state index in [1.165, 1.54) is 17.8 Å². The van der Waals surface area contributed by atoms with Crippen molar-refractivity contribution in [3.63, 3.8) is 0 Å². The van der Waals surface area contributed by atoms with Crippen LogP contribution in [0.1, 0.15) is 22.8 Å². The second-order valence-electron chi connectivity index (χ2n) is 5.44. The van der Waals surface area contributed by atoms with E-state index >= 15 is 0 Å². The molecule has 122 valence electrons. The summed E-state index contributed by atoms with van der Waals surface area (Å²) in [7, 11) is 0. The first-order valence-electron chi connectivity index (χ1n) is 7.49. The van der Waals surface area contributed by atoms with Crippen molar-refractivity contribution in [2.24, 2.45) is 0 Å². The molecule has 0 radical (unpaired) electrons. The quantitative estimate of drug-likeness (QED) is 0.556. The molecule has 4 nitrogen and oxygen atoms in total. The van der Waals surface area contributed by atoms with Crippen molar-refractivity contribution in [3.05, 3.63) is 65.5 Å². The lowest BCUT2D eigenvalue weighted by Crippen LogP contribution is -2.13. The van der Waals surface area contributed by atoms with Gasteiger partial charge < -0.3 is 0 Å². The van der Waals surface area contributed by atoms with Crippen LogP contribution in [0, 0.1) is 12.7 Å². The molecule has 6 heteroatoms. The van der Waals surface area contributed by atoms with Crippen LogP contribution in [0.3, 0.4) is 0 Å². The molecule has 3 aromatic rings. The Morgan fingerprint density at radius 1 is 1.17 bits per heavy atom. The van der Waals surface area contributed by atoms with Crippen LogP contribution in [-0.4, -0.2) is 26.2 Å². The van der Waals surface area contributed by atoms with Crippen LogP contribution in [0.15, 0.2) is 53.7 Å². The van der Waals surface area contributed by atoms with Crippen molar-refractivity contribution in [3.8, 4) is 11.4 Å². The number of aromatic nitrogens is 3. The molecule has 0 bridgehead atoms. The number of hydrogen-bond acceptors (Lipinski definition) is 4. The number of Topliss-reactive ketones (excluding diaryl/α,β-unsaturated/α-hetero) is 1. The molecule has 1 aromatic heterocycles. The van der Waals surface area contributed by atoms with Gasteiger partial charge in [-0.1, -0.05) is 53.7 Å². The van der Waals surface area contributed by atoms with Crippen molar-refractivity contribution in [1.29, 1.82) is 0 Å². The fourth-order valence-corrected chi connectivity index (χ4v) is 3.04. The number of aromatic amines is 1. The number of benzene rings is 2. The summed E-state index contributed by atoms with van der Waals surface area (Å²) in [5.74, 6) is -0.00296. The first-order valence-corrected chi connectivity index (χ1v) is 8.37. The van der Waals surface area contributed by atoms with Gasteiger partial charge in [0.05, 0.1) is 10.8 Å². The molecular weight excluding hydrogens is 325 g/mol. The molecule has 0 fully saturated rings. The summed E-state index contributed by atoms with van der Waals surface area (Å²) in [6, 6.07) is 13.8. The molecule has 0 saturated heterocycles. The molecule has 1 N–H and O–H groups in total. The van der Waals surface area contributed by atoms with E-state index in [0.29, 0.717) is 22.1 Å². The van der Waals surface area contributed by atoms with Crippen molar-refractivity contribution in [2.75, 3.05) is 0 Å². The third-order valence-electron chi connectivity index (χ3n) is 3.58. The summed E-state index contributed by atoms with van der Waals surface area (Å²) in [5.41, 5.74) is 2.12. The zero-order valence-electron chi connectivity index (χ0n) is 13.3. The normalized spacial score (nSPS) is 12.1. The highest BCUT2D eigenvalue weighted by Gasteiger charge is 2.19. The van der Waals surface area contributed by atoms with Gasteiger partial charge in [0.1, 0.15) is 5.82 Å². The van der Waals surface area contributed by atoms with Crippen molar-refractivity contribution in [2.45, 2.75) is 24.3 Å². The third kappa shape index (κ3) is 3.54. The molecule has 0 aliphatic heterocycles. The van der Waals surface area contributed by atoms with Gasteiger partial charge in [-0.3, -0.25) is 9.89 Å². The number of ketones is 1. The number of rotatable bonds is 5. The number of nitrogens with one attached hydrogen (secondary N) is 1. The molecule has 3 rings (SSSR count). The molecule has 0 aliphatic rings. The first kappa shape index (κ1) is 16.4. The van der Waals surface area contributed by atoms with Gasteiger partial charge in [-0.05, 0) is 26.0 Å². The van der Waals surface area contributed by atoms with E-state index in [2.05, 4.69) is 15.2 Å². The molecule has 0 amide bonds. The standard InChI is InChI=1S/C18H16FN3OS/c1-11-7-9-13(10-8-11)16(23)12(2)24-18-20-17(21-22-18)14-5-3-4-6-15(14)19/h3-10,12H,1-2H3,(H,20,21,22). The minimum atomic E-state index is -0.367. The number of H-pyrrole nitrogens is 1. The van der Waals surface area contributed by atoms with Crippen molar-refractivity contribution < 1.29 is 9.18 Å². The molecule has 1 heterocycles. The Hall–Kier alpha value is -2.47. The first-order chi connectivity index (χ1) is 11.5. The van der Waals surface area contributed by atoms with Gasteiger partial charge in [-0.25, -0.2) is 9.37 Å². The van der Waals surface area contributed by atoms with Gasteiger partial charge in [0.15, 0.2) is 11.6 Å². The van der Waals surface area contributed by atoms with Gasteiger partial charge in [-0.15, -0.1) is 5.10 Å². The Morgan fingerprint density at radius 3 is 2.58 bits per heavy atom. The monoisotopic (exact) mass is 341 g/mol. The topological polar surface area (TPSA) is 58.6 Å². The van der Waals surface area contributed by atoms with Crippen molar-refractivity contribution in [1.82, 2.24) is 15.2 Å². The lowest BCUT2D eigenvalue weighted by molar-refractivity contribution is 0.0994. The fourth-order valence-electron chi connectivity index (χ4n) is 2.24. The minimum Gasteiger partial charge on any atom is -0.293 e. The van der Waals surface area contributed by atoms with E-state index in [-0.39, 0.29) is 16.9 Å². The SMILES string of the molecule is Cc1ccc(C(=O)C(C)Sc2n[nH]c(-c3ccccc3F)n2)cc1. The van der Waals surface area contributed by atoms with Crippen LogP contribution in [0.4, 0.5) is 4.39 Å². The summed E-state index contributed by atoms with van der Waals surface area (Å²) in [4.78, 5) is 16.7. The van der Waals surface area contributed by atoms with Crippen molar-refractivity contribution >= 4 is 17.5 Å². The van der Waals surface area contributed by atoms with Crippen LogP contribution >= 0.6 is 11.8 Å². The zero-order valence-corrected chi connectivity index (χ0v) is 14.1. The van der Waals surface area contributed by atoms with Gasteiger partial charge in [0, 0.05) is 5.56 Å². The Morgan fingerprint density at radius 2 is 1.88 bits per heavy atom. The largest absolute Gasteiger partial charge is 0.293 e. The maximum Gasteiger partial charge on any atom is 0.209 e. The Kier molecular flexibility index (Phi) is 4.76. The highest BCUT2D eigenvalue weighted by molar-refractivity contribution is 8.00. The van der Waals surface area contributed by atoms with E-state index in [1.54, 1.807) is 18.2 Å². The highest BCUT2D eigenvalue weighted by Crippen LogP contribution is 2.25. The second-order valence-corrected chi connectivity index (χ2v) is 6.74. The van der Waals surface area contributed by atoms with E-state index in [4.69, 9.17) is 0 Å².